The molecule has 0 aromatic heterocycles. The number of hydrogen-bond acceptors (Lipinski definition) is 9. The average molecular weight is 510 g/mol. The maximum atomic E-state index is 12.0. The summed E-state index contributed by atoms with van der Waals surface area (Å²) in [4.78, 5) is 49.3. The first-order valence-electron chi connectivity index (χ1n) is 11.0. The van der Waals surface area contributed by atoms with E-state index in [1.807, 2.05) is 24.3 Å². The lowest BCUT2D eigenvalue weighted by Crippen LogP contribution is -1.98. The number of benzene rings is 4. The molecule has 2 heterocycles. The second kappa shape index (κ2) is 8.96. The van der Waals surface area contributed by atoms with Gasteiger partial charge in [0.15, 0.2) is 0 Å². The fourth-order valence-corrected chi connectivity index (χ4v) is 4.73. The summed E-state index contributed by atoms with van der Waals surface area (Å²) < 4.78 is 21.0. The summed E-state index contributed by atoms with van der Waals surface area (Å²) in [7, 11) is 0. The van der Waals surface area contributed by atoms with Gasteiger partial charge in [0, 0.05) is 9.79 Å². The minimum absolute atomic E-state index is 0.122. The van der Waals surface area contributed by atoms with Crippen LogP contribution in [0, 0.1) is 0 Å². The molecule has 8 nitrogen and oxygen atoms in total. The molecule has 4 aromatic rings. The molecule has 0 N–H and O–H groups in total. The van der Waals surface area contributed by atoms with E-state index in [2.05, 4.69) is 9.47 Å². The zero-order chi connectivity index (χ0) is 25.5. The molecule has 0 unspecified atom stereocenters. The zero-order valence-electron chi connectivity index (χ0n) is 18.8. The number of ether oxygens (including phenoxy) is 4. The molecular weight excluding hydrogens is 496 g/mol. The molecule has 0 atom stereocenters. The summed E-state index contributed by atoms with van der Waals surface area (Å²) >= 11 is 1.51. The van der Waals surface area contributed by atoms with Gasteiger partial charge in [-0.05, 0) is 72.8 Å². The van der Waals surface area contributed by atoms with Crippen molar-refractivity contribution in [1.29, 1.82) is 0 Å². The molecule has 0 fully saturated rings. The molecule has 4 aromatic carbocycles. The molecule has 180 valence electrons. The van der Waals surface area contributed by atoms with Crippen molar-refractivity contribution in [2.45, 2.75) is 9.79 Å². The zero-order valence-corrected chi connectivity index (χ0v) is 19.6. The predicted molar refractivity (Wildman–Crippen MR) is 130 cm³/mol. The molecule has 0 saturated heterocycles. The first-order chi connectivity index (χ1) is 18.0. The number of hydrogen-bond donors (Lipinski definition) is 0. The molecule has 0 radical (unpaired) electrons. The summed E-state index contributed by atoms with van der Waals surface area (Å²) in [5.74, 6) is -1.29. The highest BCUT2D eigenvalue weighted by molar-refractivity contribution is 7.99. The minimum atomic E-state index is -0.722. The molecule has 0 bridgehead atoms. The predicted octanol–water partition coefficient (Wildman–Crippen LogP) is 6.04. The lowest BCUT2D eigenvalue weighted by atomic mass is 10.1. The molecule has 0 spiro atoms. The van der Waals surface area contributed by atoms with Crippen LogP contribution in [0.15, 0.2) is 94.7 Å². The quantitative estimate of drug-likeness (QED) is 0.227. The Balaban J connectivity index is 1.13. The van der Waals surface area contributed by atoms with E-state index in [9.17, 15) is 19.2 Å². The van der Waals surface area contributed by atoms with Gasteiger partial charge >= 0.3 is 23.9 Å². The second-order valence-electron chi connectivity index (χ2n) is 7.96. The molecule has 9 heteroatoms. The maximum absolute atomic E-state index is 12.0. The Bertz CT molecular complexity index is 1490. The van der Waals surface area contributed by atoms with Crippen LogP contribution in [0.5, 0.6) is 23.0 Å². The summed E-state index contributed by atoms with van der Waals surface area (Å²) in [6, 6.07) is 24.0. The standard InChI is InChI=1S/C28H14O8S/c29-25-19-3-1-5-21(23(19)27(31)35-25)33-15-7-11-17(12-8-15)37-18-13-9-16(10-14-18)34-22-6-2-4-20-24(22)28(32)36-26(20)30/h1-14H. The number of fused-ring (bicyclic) bond motifs is 2. The highest BCUT2D eigenvalue weighted by Gasteiger charge is 2.34. The first-order valence-corrected chi connectivity index (χ1v) is 11.8. The van der Waals surface area contributed by atoms with E-state index >= 15 is 0 Å². The van der Waals surface area contributed by atoms with Crippen LogP contribution >= 0.6 is 11.8 Å². The third-order valence-corrected chi connectivity index (χ3v) is 6.63. The largest absolute Gasteiger partial charge is 0.456 e. The number of cyclic esters (lactones) is 4. The van der Waals surface area contributed by atoms with Gasteiger partial charge in [0.25, 0.3) is 0 Å². The Labute approximate surface area is 213 Å². The summed E-state index contributed by atoms with van der Waals surface area (Å²) in [6.07, 6.45) is 0. The highest BCUT2D eigenvalue weighted by atomic mass is 32.2. The molecule has 2 aliphatic rings. The van der Waals surface area contributed by atoms with Gasteiger partial charge in [0.1, 0.15) is 34.1 Å². The van der Waals surface area contributed by atoms with Crippen molar-refractivity contribution in [3.05, 3.63) is 107 Å². The van der Waals surface area contributed by atoms with Gasteiger partial charge in [-0.25, -0.2) is 19.2 Å². The third kappa shape index (κ3) is 4.21. The summed E-state index contributed by atoms with van der Waals surface area (Å²) in [5, 5.41) is 0. The van der Waals surface area contributed by atoms with Crippen molar-refractivity contribution >= 4 is 35.6 Å². The van der Waals surface area contributed by atoms with Crippen molar-refractivity contribution < 1.29 is 38.1 Å². The van der Waals surface area contributed by atoms with Crippen molar-refractivity contribution in [2.24, 2.45) is 0 Å². The van der Waals surface area contributed by atoms with Crippen molar-refractivity contribution in [1.82, 2.24) is 0 Å². The first kappa shape index (κ1) is 22.6. The van der Waals surface area contributed by atoms with E-state index in [0.717, 1.165) is 9.79 Å². The van der Waals surface area contributed by atoms with E-state index in [0.29, 0.717) is 11.5 Å². The van der Waals surface area contributed by atoms with E-state index in [4.69, 9.17) is 9.47 Å². The van der Waals surface area contributed by atoms with Crippen molar-refractivity contribution in [3.8, 4) is 23.0 Å². The van der Waals surface area contributed by atoms with E-state index in [-0.39, 0.29) is 33.8 Å². The van der Waals surface area contributed by atoms with Gasteiger partial charge in [-0.1, -0.05) is 23.9 Å². The number of carbonyl (C=O) groups is 4. The topological polar surface area (TPSA) is 105 Å². The molecular formula is C28H14O8S. The van der Waals surface area contributed by atoms with Crippen LogP contribution < -0.4 is 9.47 Å². The van der Waals surface area contributed by atoms with Crippen LogP contribution in [0.25, 0.3) is 0 Å². The third-order valence-electron chi connectivity index (χ3n) is 5.61. The van der Waals surface area contributed by atoms with Crippen LogP contribution in [0.2, 0.25) is 0 Å². The molecule has 0 saturated carbocycles. The van der Waals surface area contributed by atoms with Crippen LogP contribution in [-0.2, 0) is 9.47 Å². The van der Waals surface area contributed by atoms with Gasteiger partial charge in [0.2, 0.25) is 0 Å². The minimum Gasteiger partial charge on any atom is -0.456 e. The summed E-state index contributed by atoms with van der Waals surface area (Å²) in [5.41, 5.74) is 0.619. The second-order valence-corrected chi connectivity index (χ2v) is 9.11. The Kier molecular flexibility index (Phi) is 5.46. The average Bonchev–Trinajstić information content (AvgIpc) is 3.36. The van der Waals surface area contributed by atoms with E-state index in [1.165, 1.54) is 23.9 Å². The van der Waals surface area contributed by atoms with Crippen LogP contribution in [-0.4, -0.2) is 23.9 Å². The molecule has 0 aliphatic carbocycles. The van der Waals surface area contributed by atoms with Crippen molar-refractivity contribution in [2.75, 3.05) is 0 Å². The highest BCUT2D eigenvalue weighted by Crippen LogP contribution is 2.36. The van der Waals surface area contributed by atoms with Gasteiger partial charge in [-0.2, -0.15) is 0 Å². The number of esters is 4. The number of carbonyl (C=O) groups excluding carboxylic acids is 4. The normalized spacial score (nSPS) is 13.6. The van der Waals surface area contributed by atoms with Gasteiger partial charge in [0.05, 0.1) is 11.1 Å². The fraction of sp³-hybridized carbons (Fsp3) is 0. The monoisotopic (exact) mass is 510 g/mol. The fourth-order valence-electron chi connectivity index (χ4n) is 3.92. The summed E-state index contributed by atoms with van der Waals surface area (Å²) in [6.45, 7) is 0. The molecule has 37 heavy (non-hydrogen) atoms. The lowest BCUT2D eigenvalue weighted by molar-refractivity contribution is 0.0424. The smallest absolute Gasteiger partial charge is 0.350 e. The Hall–Kier alpha value is -4.89. The van der Waals surface area contributed by atoms with Crippen LogP contribution in [0.4, 0.5) is 0 Å². The molecule has 2 aliphatic heterocycles. The number of rotatable bonds is 6. The lowest BCUT2D eigenvalue weighted by Gasteiger charge is -2.10. The van der Waals surface area contributed by atoms with Gasteiger partial charge < -0.3 is 18.9 Å². The maximum Gasteiger partial charge on any atom is 0.350 e. The van der Waals surface area contributed by atoms with Crippen LogP contribution in [0.1, 0.15) is 41.4 Å². The molecule has 6 rings (SSSR count). The molecule has 0 amide bonds. The van der Waals surface area contributed by atoms with E-state index < -0.39 is 23.9 Å². The van der Waals surface area contributed by atoms with E-state index in [1.54, 1.807) is 48.5 Å². The van der Waals surface area contributed by atoms with Gasteiger partial charge in [-0.3, -0.25) is 0 Å². The Morgan fingerprint density at radius 3 is 1.30 bits per heavy atom. The Morgan fingerprint density at radius 1 is 0.486 bits per heavy atom. The van der Waals surface area contributed by atoms with Crippen molar-refractivity contribution in [3.63, 3.8) is 0 Å². The Morgan fingerprint density at radius 2 is 0.892 bits per heavy atom. The van der Waals surface area contributed by atoms with Gasteiger partial charge in [-0.15, -0.1) is 0 Å². The SMILES string of the molecule is O=C1OC(=O)c2c(Oc3ccc(Sc4ccc(Oc5cccc6c5C(=O)OC6=O)cc4)cc3)cccc21. The van der Waals surface area contributed by atoms with Crippen LogP contribution in [0.3, 0.4) is 0 Å².